The molecule has 0 aromatic heterocycles. The van der Waals surface area contributed by atoms with E-state index in [1.165, 1.54) is 13.2 Å². The molecular weight excluding hydrogens is 366 g/mol. The zero-order valence-electron chi connectivity index (χ0n) is 15.7. The van der Waals surface area contributed by atoms with E-state index in [4.69, 9.17) is 14.3 Å². The van der Waals surface area contributed by atoms with Gasteiger partial charge in [-0.2, -0.15) is 0 Å². The van der Waals surface area contributed by atoms with Crippen LogP contribution in [0.1, 0.15) is 16.7 Å². The molecule has 1 aliphatic heterocycles. The molecule has 1 heterocycles. The Labute approximate surface area is 167 Å². The van der Waals surface area contributed by atoms with Gasteiger partial charge in [0.15, 0.2) is 0 Å². The molecule has 0 saturated heterocycles. The number of benzene rings is 3. The third-order valence-electron chi connectivity index (χ3n) is 5.13. The van der Waals surface area contributed by atoms with Gasteiger partial charge in [0.25, 0.3) is 5.90 Å². The first-order valence-corrected chi connectivity index (χ1v) is 9.23. The number of hydrogen-bond donors (Lipinski definition) is 0. The molecule has 0 bridgehead atoms. The molecule has 142 valence electrons. The fourth-order valence-electron chi connectivity index (χ4n) is 3.81. The van der Waals surface area contributed by atoms with E-state index in [0.717, 1.165) is 27.8 Å². The molecule has 29 heavy (non-hydrogen) atoms. The van der Waals surface area contributed by atoms with Crippen LogP contribution in [0.3, 0.4) is 0 Å². The number of hydrogen-bond acceptors (Lipinski definition) is 5. The molecule has 1 aliphatic carbocycles. The molecule has 1 unspecified atom stereocenters. The predicted octanol–water partition coefficient (Wildman–Crippen LogP) is 4.49. The Kier molecular flexibility index (Phi) is 3.95. The van der Waals surface area contributed by atoms with Crippen molar-refractivity contribution in [3.8, 4) is 11.1 Å². The van der Waals surface area contributed by atoms with Crippen molar-refractivity contribution in [3.05, 3.63) is 102 Å². The number of fused-ring (bicyclic) bond motifs is 4. The van der Waals surface area contributed by atoms with Crippen LogP contribution in [0.5, 0.6) is 0 Å². The van der Waals surface area contributed by atoms with Gasteiger partial charge in [-0.25, -0.2) is 4.79 Å². The van der Waals surface area contributed by atoms with Crippen LogP contribution in [0.15, 0.2) is 90.1 Å². The number of esters is 1. The van der Waals surface area contributed by atoms with Gasteiger partial charge in [-0.15, -0.1) is 0 Å². The Hall–Kier alpha value is -3.86. The Balaban J connectivity index is 1.73. The SMILES string of the molecule is COC(=O)/C=C1\c2ccccc2-c2ccccc2C12ON=C(c1ccccc1)O2. The number of rotatable bonds is 2. The average Bonchev–Trinajstić information content (AvgIpc) is 3.23. The summed E-state index contributed by atoms with van der Waals surface area (Å²) in [7, 11) is 1.34. The molecule has 1 spiro atoms. The highest BCUT2D eigenvalue weighted by Gasteiger charge is 2.52. The van der Waals surface area contributed by atoms with E-state index < -0.39 is 11.8 Å². The Bertz CT molecular complexity index is 1170. The van der Waals surface area contributed by atoms with Gasteiger partial charge in [-0.05, 0) is 34.0 Å². The highest BCUT2D eigenvalue weighted by Crippen LogP contribution is 2.53. The fourth-order valence-corrected chi connectivity index (χ4v) is 3.81. The van der Waals surface area contributed by atoms with Crippen LogP contribution in [0, 0.1) is 0 Å². The number of methoxy groups -OCH3 is 1. The highest BCUT2D eigenvalue weighted by molar-refractivity contribution is 6.02. The summed E-state index contributed by atoms with van der Waals surface area (Å²) in [5.41, 5.74) is 4.91. The molecule has 0 fully saturated rings. The minimum Gasteiger partial charge on any atom is -0.466 e. The smallest absolute Gasteiger partial charge is 0.332 e. The summed E-state index contributed by atoms with van der Waals surface area (Å²) in [6.45, 7) is 0. The monoisotopic (exact) mass is 383 g/mol. The Morgan fingerprint density at radius 2 is 1.55 bits per heavy atom. The van der Waals surface area contributed by atoms with E-state index in [1.807, 2.05) is 78.9 Å². The van der Waals surface area contributed by atoms with E-state index in [2.05, 4.69) is 5.16 Å². The molecule has 5 nitrogen and oxygen atoms in total. The molecular formula is C24H17NO4. The second-order valence-electron chi connectivity index (χ2n) is 6.74. The molecule has 1 atom stereocenters. The summed E-state index contributed by atoms with van der Waals surface area (Å²) < 4.78 is 11.3. The van der Waals surface area contributed by atoms with Gasteiger partial charge in [0.1, 0.15) is 0 Å². The highest BCUT2D eigenvalue weighted by atomic mass is 16.8. The molecule has 2 aliphatic rings. The van der Waals surface area contributed by atoms with Crippen molar-refractivity contribution in [2.75, 3.05) is 7.11 Å². The summed E-state index contributed by atoms with van der Waals surface area (Å²) in [6, 6.07) is 25.2. The Morgan fingerprint density at radius 3 is 2.31 bits per heavy atom. The minimum absolute atomic E-state index is 0.357. The van der Waals surface area contributed by atoms with Gasteiger partial charge in [-0.3, -0.25) is 0 Å². The van der Waals surface area contributed by atoms with Crippen molar-refractivity contribution < 1.29 is 19.1 Å². The average molecular weight is 383 g/mol. The van der Waals surface area contributed by atoms with Gasteiger partial charge in [0.2, 0.25) is 0 Å². The van der Waals surface area contributed by atoms with E-state index in [-0.39, 0.29) is 0 Å². The molecule has 0 radical (unpaired) electrons. The largest absolute Gasteiger partial charge is 0.466 e. The summed E-state index contributed by atoms with van der Waals surface area (Å²) in [6.07, 6.45) is 1.41. The van der Waals surface area contributed by atoms with Crippen molar-refractivity contribution in [3.63, 3.8) is 0 Å². The van der Waals surface area contributed by atoms with Gasteiger partial charge in [-0.1, -0.05) is 66.7 Å². The van der Waals surface area contributed by atoms with E-state index in [1.54, 1.807) is 0 Å². The van der Waals surface area contributed by atoms with Gasteiger partial charge >= 0.3 is 11.8 Å². The molecule has 3 aromatic rings. The predicted molar refractivity (Wildman–Crippen MR) is 109 cm³/mol. The number of nitrogens with zero attached hydrogens (tertiary/aromatic N) is 1. The van der Waals surface area contributed by atoms with Crippen molar-refractivity contribution in [2.24, 2.45) is 5.16 Å². The van der Waals surface area contributed by atoms with Crippen molar-refractivity contribution in [2.45, 2.75) is 5.79 Å². The zero-order chi connectivity index (χ0) is 19.8. The maximum Gasteiger partial charge on any atom is 0.332 e. The first-order chi connectivity index (χ1) is 14.2. The first kappa shape index (κ1) is 17.3. The van der Waals surface area contributed by atoms with Crippen molar-refractivity contribution in [1.29, 1.82) is 0 Å². The molecule has 3 aromatic carbocycles. The molecule has 0 amide bonds. The maximum atomic E-state index is 12.2. The number of ether oxygens (including phenoxy) is 2. The van der Waals surface area contributed by atoms with Crippen LogP contribution in [0.2, 0.25) is 0 Å². The van der Waals surface area contributed by atoms with Crippen LogP contribution in [-0.4, -0.2) is 19.0 Å². The topological polar surface area (TPSA) is 57.1 Å². The lowest BCUT2D eigenvalue weighted by atomic mass is 9.78. The van der Waals surface area contributed by atoms with E-state index in [9.17, 15) is 4.79 Å². The van der Waals surface area contributed by atoms with E-state index >= 15 is 0 Å². The fraction of sp³-hybridized carbons (Fsp3) is 0.0833. The van der Waals surface area contributed by atoms with Crippen LogP contribution in [0.25, 0.3) is 16.7 Å². The van der Waals surface area contributed by atoms with Gasteiger partial charge < -0.3 is 14.3 Å². The van der Waals surface area contributed by atoms with Crippen molar-refractivity contribution in [1.82, 2.24) is 0 Å². The summed E-state index contributed by atoms with van der Waals surface area (Å²) in [4.78, 5) is 18.2. The maximum absolute atomic E-state index is 12.2. The minimum atomic E-state index is -1.37. The first-order valence-electron chi connectivity index (χ1n) is 9.23. The Morgan fingerprint density at radius 1 is 0.897 bits per heavy atom. The quantitative estimate of drug-likeness (QED) is 0.483. The molecule has 0 saturated carbocycles. The number of carbonyl (C=O) groups excluding carboxylic acids is 1. The lowest BCUT2D eigenvalue weighted by Gasteiger charge is -2.35. The van der Waals surface area contributed by atoms with Crippen LogP contribution >= 0.6 is 0 Å². The molecule has 5 heteroatoms. The van der Waals surface area contributed by atoms with Crippen LogP contribution < -0.4 is 0 Å². The van der Waals surface area contributed by atoms with Gasteiger partial charge in [0, 0.05) is 11.6 Å². The second-order valence-corrected chi connectivity index (χ2v) is 6.74. The number of oxime groups is 1. The zero-order valence-corrected chi connectivity index (χ0v) is 15.7. The lowest BCUT2D eigenvalue weighted by Crippen LogP contribution is -2.34. The lowest BCUT2D eigenvalue weighted by molar-refractivity contribution is -0.136. The molecule has 5 rings (SSSR count). The van der Waals surface area contributed by atoms with E-state index in [0.29, 0.717) is 11.5 Å². The molecule has 0 N–H and O–H groups in total. The van der Waals surface area contributed by atoms with Crippen LogP contribution in [-0.2, 0) is 24.9 Å². The third-order valence-corrected chi connectivity index (χ3v) is 5.13. The standard InChI is InChI=1S/C24H17NO4/c1-27-22(26)15-21-19-13-6-5-11-17(19)18-12-7-8-14-20(18)24(21)28-23(25-29-24)16-9-3-2-4-10-16/h2-15H,1H3/b21-15+. The summed E-state index contributed by atoms with van der Waals surface area (Å²) in [5, 5.41) is 4.24. The second kappa shape index (κ2) is 6.63. The summed E-state index contributed by atoms with van der Waals surface area (Å²) >= 11 is 0. The van der Waals surface area contributed by atoms with Gasteiger partial charge in [0.05, 0.1) is 18.2 Å². The van der Waals surface area contributed by atoms with Crippen molar-refractivity contribution >= 4 is 17.4 Å². The normalized spacial score (nSPS) is 20.3. The summed E-state index contributed by atoms with van der Waals surface area (Å²) in [5.74, 6) is -1.51. The van der Waals surface area contributed by atoms with Crippen LogP contribution in [0.4, 0.5) is 0 Å². The third kappa shape index (κ3) is 2.63. The number of carbonyl (C=O) groups is 1.